The van der Waals surface area contributed by atoms with Crippen LogP contribution in [-0.4, -0.2) is 31.9 Å². The molecule has 7 nitrogen and oxygen atoms in total. The summed E-state index contributed by atoms with van der Waals surface area (Å²) in [7, 11) is 0. The summed E-state index contributed by atoms with van der Waals surface area (Å²) in [6, 6.07) is 9.05. The molecular formula is C17H19N5O2. The molecule has 0 saturated carbocycles. The Bertz CT molecular complexity index is 928. The Hall–Kier alpha value is -2.96. The van der Waals surface area contributed by atoms with E-state index in [9.17, 15) is 9.59 Å². The standard InChI is InChI=1S/C17H19N5O2/c1-11(7-14-8-12(2)20-21-14)19-16(23)10-22-17(24)15-6-4-3-5-13(15)9-18-22/h3-6,8-9,11H,7,10H2,1-2H3,(H,19,23)(H,20,21)/t11-/m1/s1. The predicted molar refractivity (Wildman–Crippen MR) is 90.6 cm³/mol. The molecule has 0 aliphatic rings. The highest BCUT2D eigenvalue weighted by molar-refractivity contribution is 5.81. The summed E-state index contributed by atoms with van der Waals surface area (Å²) in [6.45, 7) is 3.73. The molecule has 1 aromatic carbocycles. The third-order valence-corrected chi connectivity index (χ3v) is 3.74. The molecule has 0 bridgehead atoms. The molecule has 3 rings (SSSR count). The summed E-state index contributed by atoms with van der Waals surface area (Å²) in [5.41, 5.74) is 1.61. The Morgan fingerprint density at radius 2 is 2.17 bits per heavy atom. The van der Waals surface area contributed by atoms with Crippen molar-refractivity contribution in [1.29, 1.82) is 0 Å². The Labute approximate surface area is 138 Å². The lowest BCUT2D eigenvalue weighted by Gasteiger charge is -2.13. The van der Waals surface area contributed by atoms with E-state index in [0.29, 0.717) is 11.8 Å². The van der Waals surface area contributed by atoms with Crippen molar-refractivity contribution in [3.8, 4) is 0 Å². The molecule has 3 aromatic rings. The Kier molecular flexibility index (Phi) is 4.41. The van der Waals surface area contributed by atoms with Gasteiger partial charge in [0.25, 0.3) is 5.56 Å². The van der Waals surface area contributed by atoms with Gasteiger partial charge < -0.3 is 5.32 Å². The van der Waals surface area contributed by atoms with Crippen LogP contribution in [0.1, 0.15) is 18.3 Å². The number of benzene rings is 1. The monoisotopic (exact) mass is 325 g/mol. The summed E-state index contributed by atoms with van der Waals surface area (Å²) in [5, 5.41) is 15.3. The lowest BCUT2D eigenvalue weighted by Crippen LogP contribution is -2.39. The van der Waals surface area contributed by atoms with Crippen LogP contribution in [0.25, 0.3) is 10.8 Å². The van der Waals surface area contributed by atoms with Gasteiger partial charge >= 0.3 is 0 Å². The van der Waals surface area contributed by atoms with Crippen LogP contribution in [0.3, 0.4) is 0 Å². The van der Waals surface area contributed by atoms with Crippen molar-refractivity contribution in [2.45, 2.75) is 32.9 Å². The maximum absolute atomic E-state index is 12.3. The molecule has 0 saturated heterocycles. The average Bonchev–Trinajstić information content (AvgIpc) is 2.95. The Balaban J connectivity index is 1.66. The zero-order valence-electron chi connectivity index (χ0n) is 13.6. The summed E-state index contributed by atoms with van der Waals surface area (Å²) in [4.78, 5) is 24.5. The number of aromatic amines is 1. The van der Waals surface area contributed by atoms with E-state index in [2.05, 4.69) is 20.6 Å². The maximum Gasteiger partial charge on any atom is 0.275 e. The van der Waals surface area contributed by atoms with Gasteiger partial charge in [-0.3, -0.25) is 14.7 Å². The van der Waals surface area contributed by atoms with Gasteiger partial charge in [0.05, 0.1) is 17.3 Å². The van der Waals surface area contributed by atoms with E-state index in [4.69, 9.17) is 0 Å². The fraction of sp³-hybridized carbons (Fsp3) is 0.294. The van der Waals surface area contributed by atoms with Crippen LogP contribution in [0.4, 0.5) is 0 Å². The minimum absolute atomic E-state index is 0.0867. The molecule has 0 fully saturated rings. The second kappa shape index (κ2) is 6.66. The van der Waals surface area contributed by atoms with Crippen LogP contribution in [-0.2, 0) is 17.8 Å². The van der Waals surface area contributed by atoms with Crippen molar-refractivity contribution >= 4 is 16.7 Å². The van der Waals surface area contributed by atoms with E-state index >= 15 is 0 Å². The van der Waals surface area contributed by atoms with Gasteiger partial charge in [0.1, 0.15) is 6.54 Å². The molecule has 0 aliphatic carbocycles. The quantitative estimate of drug-likeness (QED) is 0.736. The SMILES string of the molecule is Cc1cc(C[C@@H](C)NC(=O)Cn2ncc3ccccc3c2=O)n[nH]1. The summed E-state index contributed by atoms with van der Waals surface area (Å²) in [5.74, 6) is -0.250. The van der Waals surface area contributed by atoms with Crippen molar-refractivity contribution in [2.24, 2.45) is 0 Å². The topological polar surface area (TPSA) is 92.7 Å². The molecule has 2 aromatic heterocycles. The average molecular weight is 325 g/mol. The molecule has 2 N–H and O–H groups in total. The van der Waals surface area contributed by atoms with Gasteiger partial charge in [0.15, 0.2) is 0 Å². The van der Waals surface area contributed by atoms with Crippen LogP contribution in [0.2, 0.25) is 0 Å². The highest BCUT2D eigenvalue weighted by atomic mass is 16.2. The number of aromatic nitrogens is 4. The number of rotatable bonds is 5. The van der Waals surface area contributed by atoms with Crippen LogP contribution in [0.5, 0.6) is 0 Å². The largest absolute Gasteiger partial charge is 0.352 e. The first-order valence-electron chi connectivity index (χ1n) is 7.78. The number of nitrogens with one attached hydrogen (secondary N) is 2. The van der Waals surface area contributed by atoms with Gasteiger partial charge in [-0.2, -0.15) is 10.2 Å². The smallest absolute Gasteiger partial charge is 0.275 e. The first kappa shape index (κ1) is 15.9. The van der Waals surface area contributed by atoms with Gasteiger partial charge in [-0.1, -0.05) is 18.2 Å². The van der Waals surface area contributed by atoms with E-state index in [1.807, 2.05) is 32.0 Å². The number of hydrogen-bond donors (Lipinski definition) is 2. The van der Waals surface area contributed by atoms with Crippen molar-refractivity contribution in [1.82, 2.24) is 25.3 Å². The van der Waals surface area contributed by atoms with Gasteiger partial charge in [0, 0.05) is 23.5 Å². The van der Waals surface area contributed by atoms with E-state index in [0.717, 1.165) is 16.8 Å². The number of H-pyrrole nitrogens is 1. The summed E-state index contributed by atoms with van der Waals surface area (Å²) < 4.78 is 1.18. The number of carbonyl (C=O) groups excluding carboxylic acids is 1. The second-order valence-corrected chi connectivity index (χ2v) is 5.91. The first-order valence-corrected chi connectivity index (χ1v) is 7.78. The van der Waals surface area contributed by atoms with Gasteiger partial charge in [-0.15, -0.1) is 0 Å². The number of carbonyl (C=O) groups is 1. The van der Waals surface area contributed by atoms with Gasteiger partial charge in [-0.05, 0) is 26.0 Å². The third-order valence-electron chi connectivity index (χ3n) is 3.74. The fourth-order valence-corrected chi connectivity index (χ4v) is 2.64. The molecule has 24 heavy (non-hydrogen) atoms. The lowest BCUT2D eigenvalue weighted by molar-refractivity contribution is -0.122. The molecule has 0 radical (unpaired) electrons. The minimum atomic E-state index is -0.265. The molecule has 1 atom stereocenters. The summed E-state index contributed by atoms with van der Waals surface area (Å²) >= 11 is 0. The third kappa shape index (κ3) is 3.51. The number of nitrogens with zero attached hydrogens (tertiary/aromatic N) is 3. The van der Waals surface area contributed by atoms with E-state index in [1.54, 1.807) is 18.3 Å². The van der Waals surface area contributed by atoms with Gasteiger partial charge in [0.2, 0.25) is 5.91 Å². The van der Waals surface area contributed by atoms with Crippen LogP contribution < -0.4 is 10.9 Å². The summed E-state index contributed by atoms with van der Waals surface area (Å²) in [6.07, 6.45) is 2.22. The van der Waals surface area contributed by atoms with Crippen LogP contribution >= 0.6 is 0 Å². The number of fused-ring (bicyclic) bond motifs is 1. The van der Waals surface area contributed by atoms with E-state index in [-0.39, 0.29) is 24.1 Å². The van der Waals surface area contributed by atoms with E-state index in [1.165, 1.54) is 4.68 Å². The molecule has 2 heterocycles. The van der Waals surface area contributed by atoms with E-state index < -0.39 is 0 Å². The Morgan fingerprint density at radius 1 is 1.38 bits per heavy atom. The maximum atomic E-state index is 12.3. The van der Waals surface area contributed by atoms with Crippen molar-refractivity contribution in [3.05, 3.63) is 58.3 Å². The zero-order valence-corrected chi connectivity index (χ0v) is 13.6. The fourth-order valence-electron chi connectivity index (χ4n) is 2.64. The molecule has 124 valence electrons. The molecule has 0 aliphatic heterocycles. The zero-order chi connectivity index (χ0) is 17.1. The molecular weight excluding hydrogens is 306 g/mol. The number of hydrogen-bond acceptors (Lipinski definition) is 4. The van der Waals surface area contributed by atoms with Crippen molar-refractivity contribution < 1.29 is 4.79 Å². The Morgan fingerprint density at radius 3 is 2.92 bits per heavy atom. The molecule has 1 amide bonds. The molecule has 0 unspecified atom stereocenters. The molecule has 7 heteroatoms. The highest BCUT2D eigenvalue weighted by Gasteiger charge is 2.12. The van der Waals surface area contributed by atoms with Crippen LogP contribution in [0.15, 0.2) is 41.3 Å². The number of aryl methyl sites for hydroxylation is 1. The number of amides is 1. The lowest BCUT2D eigenvalue weighted by atomic mass is 10.2. The van der Waals surface area contributed by atoms with Crippen molar-refractivity contribution in [2.75, 3.05) is 0 Å². The predicted octanol–water partition coefficient (Wildman–Crippen LogP) is 1.18. The highest BCUT2D eigenvalue weighted by Crippen LogP contribution is 2.06. The van der Waals surface area contributed by atoms with Crippen molar-refractivity contribution in [3.63, 3.8) is 0 Å². The second-order valence-electron chi connectivity index (χ2n) is 5.91. The first-order chi connectivity index (χ1) is 11.5. The molecule has 0 spiro atoms. The normalized spacial score (nSPS) is 12.2. The van der Waals surface area contributed by atoms with Gasteiger partial charge in [-0.25, -0.2) is 4.68 Å². The van der Waals surface area contributed by atoms with Crippen LogP contribution in [0, 0.1) is 6.92 Å². The minimum Gasteiger partial charge on any atom is -0.352 e.